The van der Waals surface area contributed by atoms with E-state index in [1.54, 1.807) is 26.8 Å². The van der Waals surface area contributed by atoms with E-state index in [0.717, 1.165) is 0 Å². The van der Waals surface area contributed by atoms with Crippen LogP contribution in [0.2, 0.25) is 0 Å². The third-order valence-corrected chi connectivity index (χ3v) is 4.42. The molecule has 8 nitrogen and oxygen atoms in total. The fraction of sp³-hybridized carbons (Fsp3) is 0.611. The van der Waals surface area contributed by atoms with Crippen LogP contribution in [-0.4, -0.2) is 46.5 Å². The zero-order chi connectivity index (χ0) is 20.5. The van der Waals surface area contributed by atoms with E-state index in [4.69, 9.17) is 14.0 Å². The second-order valence-corrected chi connectivity index (χ2v) is 8.50. The number of nitrogens with zero attached hydrogens (tertiary/aromatic N) is 1. The van der Waals surface area contributed by atoms with Gasteiger partial charge in [-0.1, -0.05) is 0 Å². The highest BCUT2D eigenvalue weighted by Gasteiger charge is 2.52. The van der Waals surface area contributed by atoms with E-state index in [2.05, 4.69) is 15.3 Å². The number of aromatic nitrogens is 2. The van der Waals surface area contributed by atoms with Gasteiger partial charge in [0.15, 0.2) is 0 Å². The van der Waals surface area contributed by atoms with Gasteiger partial charge in [-0.05, 0) is 60.0 Å². The number of H-pyrrole nitrogens is 1. The quantitative estimate of drug-likeness (QED) is 0.781. The van der Waals surface area contributed by atoms with Crippen LogP contribution in [0.4, 0.5) is 4.79 Å². The summed E-state index contributed by atoms with van der Waals surface area (Å²) in [4.78, 5) is 29.9. The number of aromatic amines is 1. The SMILES string of the molecule is CC(C)(C)OC(=O)NCC(=Cc1c[nH]c(=O)cn1)B1OC(C)(C)C(C)(C)O1. The zero-order valence-corrected chi connectivity index (χ0v) is 17.0. The van der Waals surface area contributed by atoms with Crippen LogP contribution in [0.3, 0.4) is 0 Å². The van der Waals surface area contributed by atoms with Crippen molar-refractivity contribution in [1.29, 1.82) is 0 Å². The molecule has 0 radical (unpaired) electrons. The monoisotopic (exact) mass is 377 g/mol. The Labute approximate surface area is 159 Å². The van der Waals surface area contributed by atoms with Gasteiger partial charge in [-0.15, -0.1) is 0 Å². The molecule has 0 unspecified atom stereocenters. The number of nitrogens with one attached hydrogen (secondary N) is 2. The molecule has 2 heterocycles. The van der Waals surface area contributed by atoms with E-state index in [-0.39, 0.29) is 12.1 Å². The van der Waals surface area contributed by atoms with Crippen molar-refractivity contribution in [3.05, 3.63) is 33.9 Å². The second kappa shape index (κ2) is 7.48. The molecule has 0 spiro atoms. The van der Waals surface area contributed by atoms with E-state index in [1.807, 2.05) is 27.7 Å². The normalized spacial score (nSPS) is 19.1. The predicted octanol–water partition coefficient (Wildman–Crippen LogP) is 2.31. The van der Waals surface area contributed by atoms with Crippen LogP contribution in [-0.2, 0) is 14.0 Å². The lowest BCUT2D eigenvalue weighted by atomic mass is 9.77. The molecule has 148 valence electrons. The van der Waals surface area contributed by atoms with Crippen molar-refractivity contribution < 1.29 is 18.8 Å². The van der Waals surface area contributed by atoms with Gasteiger partial charge in [-0.25, -0.2) is 9.78 Å². The summed E-state index contributed by atoms with van der Waals surface area (Å²) in [5.41, 5.74) is -0.776. The molecule has 1 fully saturated rings. The number of alkyl carbamates (subject to hydrolysis) is 1. The summed E-state index contributed by atoms with van der Waals surface area (Å²) < 4.78 is 17.4. The minimum Gasteiger partial charge on any atom is -0.444 e. The molecular formula is C18H28BN3O5. The average molecular weight is 377 g/mol. The summed E-state index contributed by atoms with van der Waals surface area (Å²) in [7, 11) is -0.668. The number of hydrogen-bond acceptors (Lipinski definition) is 6. The van der Waals surface area contributed by atoms with E-state index in [9.17, 15) is 9.59 Å². The highest BCUT2D eigenvalue weighted by atomic mass is 16.7. The van der Waals surface area contributed by atoms with Crippen molar-refractivity contribution in [2.75, 3.05) is 6.54 Å². The molecule has 9 heteroatoms. The largest absolute Gasteiger partial charge is 0.492 e. The lowest BCUT2D eigenvalue weighted by molar-refractivity contribution is 0.00578. The molecule has 1 amide bonds. The van der Waals surface area contributed by atoms with Gasteiger partial charge in [0.05, 0.1) is 23.1 Å². The summed E-state index contributed by atoms with van der Waals surface area (Å²) in [6.45, 7) is 13.3. The van der Waals surface area contributed by atoms with E-state index in [1.165, 1.54) is 12.4 Å². The number of carbonyl (C=O) groups is 1. The van der Waals surface area contributed by atoms with Gasteiger partial charge < -0.3 is 24.3 Å². The Morgan fingerprint density at radius 3 is 2.37 bits per heavy atom. The number of ether oxygens (including phenoxy) is 1. The number of carbonyl (C=O) groups excluding carboxylic acids is 1. The molecule has 0 saturated carbocycles. The van der Waals surface area contributed by atoms with Crippen LogP contribution in [0.1, 0.15) is 54.2 Å². The molecule has 1 saturated heterocycles. The van der Waals surface area contributed by atoms with Crippen molar-refractivity contribution in [2.24, 2.45) is 0 Å². The van der Waals surface area contributed by atoms with Crippen LogP contribution in [0.25, 0.3) is 6.08 Å². The number of rotatable bonds is 4. The number of amides is 1. The fourth-order valence-electron chi connectivity index (χ4n) is 2.31. The van der Waals surface area contributed by atoms with Gasteiger partial charge >= 0.3 is 13.2 Å². The third-order valence-electron chi connectivity index (χ3n) is 4.42. The first-order valence-electron chi connectivity index (χ1n) is 8.87. The van der Waals surface area contributed by atoms with Gasteiger partial charge in [0.2, 0.25) is 0 Å². The first kappa shape index (κ1) is 21.2. The molecular weight excluding hydrogens is 349 g/mol. The Hall–Kier alpha value is -2.13. The summed E-state index contributed by atoms with van der Waals surface area (Å²) >= 11 is 0. The van der Waals surface area contributed by atoms with Crippen LogP contribution in [0, 0.1) is 0 Å². The van der Waals surface area contributed by atoms with Crippen LogP contribution in [0.5, 0.6) is 0 Å². The van der Waals surface area contributed by atoms with Gasteiger partial charge in [-0.3, -0.25) is 4.79 Å². The van der Waals surface area contributed by atoms with Crippen LogP contribution in [0.15, 0.2) is 22.7 Å². The fourth-order valence-corrected chi connectivity index (χ4v) is 2.31. The minimum absolute atomic E-state index is 0.145. The Bertz CT molecular complexity index is 743. The summed E-state index contributed by atoms with van der Waals surface area (Å²) in [6, 6.07) is 0. The van der Waals surface area contributed by atoms with Gasteiger partial charge in [0.25, 0.3) is 5.56 Å². The molecule has 1 aromatic heterocycles. The van der Waals surface area contributed by atoms with Gasteiger partial charge in [0, 0.05) is 12.7 Å². The van der Waals surface area contributed by atoms with Crippen LogP contribution >= 0.6 is 0 Å². The Morgan fingerprint density at radius 1 is 1.30 bits per heavy atom. The Balaban J connectivity index is 2.23. The number of hydrogen-bond donors (Lipinski definition) is 2. The molecule has 2 rings (SSSR count). The average Bonchev–Trinajstić information content (AvgIpc) is 2.72. The standard InChI is InChI=1S/C18H28BN3O5/c1-16(2,3)25-15(24)22-9-12(8-13-10-21-14(23)11-20-13)19-26-17(4,5)18(6,7)27-19/h8,10-11H,9H2,1-7H3,(H,21,23)(H,22,24). The highest BCUT2D eigenvalue weighted by molar-refractivity contribution is 6.56. The van der Waals surface area contributed by atoms with Crippen molar-refractivity contribution in [1.82, 2.24) is 15.3 Å². The van der Waals surface area contributed by atoms with E-state index < -0.39 is 30.0 Å². The lowest BCUT2D eigenvalue weighted by Crippen LogP contribution is -2.41. The molecule has 1 aliphatic rings. The summed E-state index contributed by atoms with van der Waals surface area (Å²) in [5, 5.41) is 2.71. The zero-order valence-electron chi connectivity index (χ0n) is 17.0. The maximum absolute atomic E-state index is 12.0. The molecule has 1 aliphatic heterocycles. The smallest absolute Gasteiger partial charge is 0.444 e. The van der Waals surface area contributed by atoms with Crippen molar-refractivity contribution in [2.45, 2.75) is 65.3 Å². The van der Waals surface area contributed by atoms with Gasteiger partial charge in [0.1, 0.15) is 5.60 Å². The summed E-state index contributed by atoms with van der Waals surface area (Å²) in [6.07, 6.45) is 3.85. The Kier molecular flexibility index (Phi) is 5.87. The summed E-state index contributed by atoms with van der Waals surface area (Å²) in [5.74, 6) is 0. The maximum Gasteiger partial charge on any atom is 0.492 e. The molecule has 2 N–H and O–H groups in total. The topological polar surface area (TPSA) is 103 Å². The first-order chi connectivity index (χ1) is 12.3. The lowest BCUT2D eigenvalue weighted by Gasteiger charge is -2.32. The molecule has 27 heavy (non-hydrogen) atoms. The molecule has 0 aromatic carbocycles. The minimum atomic E-state index is -0.668. The molecule has 0 bridgehead atoms. The van der Waals surface area contributed by atoms with Crippen LogP contribution < -0.4 is 10.9 Å². The van der Waals surface area contributed by atoms with E-state index in [0.29, 0.717) is 11.2 Å². The third kappa shape index (κ3) is 5.67. The highest BCUT2D eigenvalue weighted by Crippen LogP contribution is 2.38. The Morgan fingerprint density at radius 2 is 1.89 bits per heavy atom. The van der Waals surface area contributed by atoms with Crippen molar-refractivity contribution in [3.63, 3.8) is 0 Å². The van der Waals surface area contributed by atoms with Crippen molar-refractivity contribution >= 4 is 19.3 Å². The van der Waals surface area contributed by atoms with Gasteiger partial charge in [-0.2, -0.15) is 0 Å². The molecule has 0 atom stereocenters. The maximum atomic E-state index is 12.0. The molecule has 1 aromatic rings. The molecule has 0 aliphatic carbocycles. The van der Waals surface area contributed by atoms with Crippen molar-refractivity contribution in [3.8, 4) is 0 Å². The van der Waals surface area contributed by atoms with E-state index >= 15 is 0 Å². The first-order valence-corrected chi connectivity index (χ1v) is 8.87. The second-order valence-electron chi connectivity index (χ2n) is 8.50. The predicted molar refractivity (Wildman–Crippen MR) is 103 cm³/mol.